The number of phenols is 1. The van der Waals surface area contributed by atoms with Gasteiger partial charge in [0.2, 0.25) is 5.91 Å². The predicted molar refractivity (Wildman–Crippen MR) is 92.8 cm³/mol. The van der Waals surface area contributed by atoms with Gasteiger partial charge in [0.1, 0.15) is 5.75 Å². The molecule has 0 bridgehead atoms. The predicted octanol–water partition coefficient (Wildman–Crippen LogP) is 1.96. The summed E-state index contributed by atoms with van der Waals surface area (Å²) < 4.78 is 0. The molecule has 0 spiro atoms. The molecular formula is C19H21N3O3. The molecule has 2 amide bonds. The van der Waals surface area contributed by atoms with Crippen LogP contribution in [0, 0.1) is 5.92 Å². The highest BCUT2D eigenvalue weighted by molar-refractivity contribution is 5.97. The smallest absolute Gasteiger partial charge is 0.257 e. The number of aromatic hydroxyl groups is 1. The number of likely N-dealkylation sites (tertiary alicyclic amines) is 1. The molecule has 1 aliphatic rings. The highest BCUT2D eigenvalue weighted by Gasteiger charge is 2.28. The van der Waals surface area contributed by atoms with Crippen molar-refractivity contribution in [3.8, 4) is 5.75 Å². The molecule has 1 fully saturated rings. The monoisotopic (exact) mass is 339 g/mol. The molecule has 6 nitrogen and oxygen atoms in total. The molecule has 130 valence electrons. The van der Waals surface area contributed by atoms with E-state index in [0.29, 0.717) is 38.0 Å². The van der Waals surface area contributed by atoms with Crippen LogP contribution >= 0.6 is 0 Å². The van der Waals surface area contributed by atoms with Gasteiger partial charge in [-0.05, 0) is 36.6 Å². The zero-order valence-electron chi connectivity index (χ0n) is 13.9. The normalized spacial score (nSPS) is 15.0. The van der Waals surface area contributed by atoms with Crippen molar-refractivity contribution in [2.45, 2.75) is 19.4 Å². The number of phenolic OH excluding ortho intramolecular Hbond substituents is 1. The van der Waals surface area contributed by atoms with Crippen molar-refractivity contribution in [3.63, 3.8) is 0 Å². The molecule has 1 aromatic carbocycles. The minimum absolute atomic E-state index is 0.0103. The number of nitrogens with zero attached hydrogens (tertiary/aromatic N) is 2. The molecule has 0 saturated carbocycles. The summed E-state index contributed by atoms with van der Waals surface area (Å²) in [6.07, 6.45) is 4.67. The Bertz CT molecular complexity index is 741. The van der Waals surface area contributed by atoms with Crippen LogP contribution in [-0.4, -0.2) is 39.9 Å². The second kappa shape index (κ2) is 7.79. The molecule has 2 heterocycles. The number of aromatic nitrogens is 1. The molecule has 6 heteroatoms. The van der Waals surface area contributed by atoms with Gasteiger partial charge in [-0.1, -0.05) is 18.2 Å². The average Bonchev–Trinajstić information content (AvgIpc) is 2.67. The number of piperidine rings is 1. The summed E-state index contributed by atoms with van der Waals surface area (Å²) >= 11 is 0. The summed E-state index contributed by atoms with van der Waals surface area (Å²) in [5.41, 5.74) is 1.27. The van der Waals surface area contributed by atoms with Gasteiger partial charge in [0, 0.05) is 37.9 Å². The quantitative estimate of drug-likeness (QED) is 0.892. The van der Waals surface area contributed by atoms with Crippen LogP contribution in [0.15, 0.2) is 48.8 Å². The third-order valence-electron chi connectivity index (χ3n) is 4.48. The van der Waals surface area contributed by atoms with E-state index in [1.165, 1.54) is 6.07 Å². The van der Waals surface area contributed by atoms with Gasteiger partial charge < -0.3 is 15.3 Å². The van der Waals surface area contributed by atoms with Crippen molar-refractivity contribution >= 4 is 11.8 Å². The van der Waals surface area contributed by atoms with E-state index in [-0.39, 0.29) is 23.5 Å². The standard InChI is InChI=1S/C19H21N3O3/c23-17-6-2-1-5-16(17)19(25)22-10-7-15(8-11-22)18(24)21-13-14-4-3-9-20-12-14/h1-6,9,12,15,23H,7-8,10-11,13H2,(H,21,24). The van der Waals surface area contributed by atoms with Crippen molar-refractivity contribution in [2.75, 3.05) is 13.1 Å². The van der Waals surface area contributed by atoms with Crippen LogP contribution in [0.4, 0.5) is 0 Å². The first-order valence-electron chi connectivity index (χ1n) is 8.39. The third-order valence-corrected chi connectivity index (χ3v) is 4.48. The van der Waals surface area contributed by atoms with Crippen LogP contribution in [0.3, 0.4) is 0 Å². The molecule has 2 aromatic rings. The molecule has 3 rings (SSSR count). The molecule has 0 unspecified atom stereocenters. The second-order valence-electron chi connectivity index (χ2n) is 6.16. The summed E-state index contributed by atoms with van der Waals surface area (Å²) in [5, 5.41) is 12.7. The number of carbonyl (C=O) groups excluding carboxylic acids is 2. The lowest BCUT2D eigenvalue weighted by Crippen LogP contribution is -2.42. The summed E-state index contributed by atoms with van der Waals surface area (Å²) in [4.78, 5) is 30.5. The third kappa shape index (κ3) is 4.15. The average molecular weight is 339 g/mol. The molecule has 2 N–H and O–H groups in total. The van der Waals surface area contributed by atoms with Crippen LogP contribution in [0.5, 0.6) is 5.75 Å². The van der Waals surface area contributed by atoms with Crippen molar-refractivity contribution < 1.29 is 14.7 Å². The maximum atomic E-state index is 12.5. The van der Waals surface area contributed by atoms with Crippen LogP contribution < -0.4 is 5.32 Å². The van der Waals surface area contributed by atoms with Gasteiger partial charge in [-0.2, -0.15) is 0 Å². The fourth-order valence-corrected chi connectivity index (χ4v) is 3.01. The van der Waals surface area contributed by atoms with E-state index >= 15 is 0 Å². The number of pyridine rings is 1. The zero-order valence-corrected chi connectivity index (χ0v) is 13.9. The highest BCUT2D eigenvalue weighted by atomic mass is 16.3. The lowest BCUT2D eigenvalue weighted by Gasteiger charge is -2.31. The molecule has 1 saturated heterocycles. The van der Waals surface area contributed by atoms with Gasteiger partial charge in [0.15, 0.2) is 0 Å². The Morgan fingerprint density at radius 3 is 2.60 bits per heavy atom. The Labute approximate surface area is 146 Å². The Hall–Kier alpha value is -2.89. The highest BCUT2D eigenvalue weighted by Crippen LogP contribution is 2.23. The molecule has 1 aromatic heterocycles. The Kier molecular flexibility index (Phi) is 5.28. The van der Waals surface area contributed by atoms with Gasteiger partial charge in [-0.3, -0.25) is 14.6 Å². The van der Waals surface area contributed by atoms with E-state index in [2.05, 4.69) is 10.3 Å². The van der Waals surface area contributed by atoms with Crippen molar-refractivity contribution in [3.05, 3.63) is 59.9 Å². The Balaban J connectivity index is 1.50. The first-order valence-corrected chi connectivity index (χ1v) is 8.39. The van der Waals surface area contributed by atoms with Crippen molar-refractivity contribution in [1.29, 1.82) is 0 Å². The summed E-state index contributed by atoms with van der Waals surface area (Å²) in [6, 6.07) is 10.3. The summed E-state index contributed by atoms with van der Waals surface area (Å²) in [5.74, 6) is -0.278. The first-order chi connectivity index (χ1) is 12.1. The van der Waals surface area contributed by atoms with E-state index in [4.69, 9.17) is 0 Å². The molecule has 0 radical (unpaired) electrons. The van der Waals surface area contributed by atoms with Gasteiger partial charge in [-0.25, -0.2) is 0 Å². The summed E-state index contributed by atoms with van der Waals surface area (Å²) in [7, 11) is 0. The topological polar surface area (TPSA) is 82.5 Å². The Morgan fingerprint density at radius 2 is 1.92 bits per heavy atom. The number of rotatable bonds is 4. The van der Waals surface area contributed by atoms with Crippen molar-refractivity contribution in [2.24, 2.45) is 5.92 Å². The maximum absolute atomic E-state index is 12.5. The van der Waals surface area contributed by atoms with E-state index < -0.39 is 0 Å². The molecule has 1 aliphatic heterocycles. The van der Waals surface area contributed by atoms with Crippen LogP contribution in [0.2, 0.25) is 0 Å². The maximum Gasteiger partial charge on any atom is 0.257 e. The van der Waals surface area contributed by atoms with Gasteiger partial charge >= 0.3 is 0 Å². The van der Waals surface area contributed by atoms with Gasteiger partial charge in [0.25, 0.3) is 5.91 Å². The van der Waals surface area contributed by atoms with E-state index in [1.807, 2.05) is 12.1 Å². The van der Waals surface area contributed by atoms with E-state index in [9.17, 15) is 14.7 Å². The summed E-state index contributed by atoms with van der Waals surface area (Å²) in [6.45, 7) is 1.49. The fourth-order valence-electron chi connectivity index (χ4n) is 3.01. The minimum atomic E-state index is -0.188. The van der Waals surface area contributed by atoms with E-state index in [1.54, 1.807) is 35.5 Å². The number of para-hydroxylation sites is 1. The lowest BCUT2D eigenvalue weighted by molar-refractivity contribution is -0.126. The molecular weight excluding hydrogens is 318 g/mol. The number of nitrogens with one attached hydrogen (secondary N) is 1. The number of hydrogen-bond acceptors (Lipinski definition) is 4. The SMILES string of the molecule is O=C(NCc1cccnc1)C1CCN(C(=O)c2ccccc2O)CC1. The van der Waals surface area contributed by atoms with Gasteiger partial charge in [0.05, 0.1) is 5.56 Å². The molecule has 0 aliphatic carbocycles. The number of hydrogen-bond donors (Lipinski definition) is 2. The van der Waals surface area contributed by atoms with Crippen LogP contribution in [-0.2, 0) is 11.3 Å². The second-order valence-corrected chi connectivity index (χ2v) is 6.16. The molecule has 25 heavy (non-hydrogen) atoms. The Morgan fingerprint density at radius 1 is 1.16 bits per heavy atom. The fraction of sp³-hybridized carbons (Fsp3) is 0.316. The van der Waals surface area contributed by atoms with Crippen LogP contribution in [0.1, 0.15) is 28.8 Å². The lowest BCUT2D eigenvalue weighted by atomic mass is 9.95. The first kappa shape index (κ1) is 17.0. The van der Waals surface area contributed by atoms with E-state index in [0.717, 1.165) is 5.56 Å². The number of benzene rings is 1. The number of carbonyl (C=O) groups is 2. The molecule has 0 atom stereocenters. The van der Waals surface area contributed by atoms with Crippen LogP contribution in [0.25, 0.3) is 0 Å². The van der Waals surface area contributed by atoms with Crippen molar-refractivity contribution in [1.82, 2.24) is 15.2 Å². The largest absolute Gasteiger partial charge is 0.507 e. The number of amides is 2. The zero-order chi connectivity index (χ0) is 17.6. The minimum Gasteiger partial charge on any atom is -0.507 e. The van der Waals surface area contributed by atoms with Gasteiger partial charge in [-0.15, -0.1) is 0 Å².